The first kappa shape index (κ1) is 22.6. The molecule has 0 N–H and O–H groups in total. The topological polar surface area (TPSA) is 96.6 Å². The molecule has 0 amide bonds. The second-order valence-corrected chi connectivity index (χ2v) is 7.62. The van der Waals surface area contributed by atoms with Gasteiger partial charge in [-0.3, -0.25) is 9.00 Å². The fraction of sp³-hybridized carbons (Fsp3) is 0.300. The largest absolute Gasteiger partial charge is 1.00 e. The summed E-state index contributed by atoms with van der Waals surface area (Å²) in [5, 5.41) is 11.4. The van der Waals surface area contributed by atoms with E-state index in [4.69, 9.17) is 9.15 Å². The van der Waals surface area contributed by atoms with Gasteiger partial charge in [0.05, 0.1) is 23.3 Å². The average Bonchev–Trinajstić information content (AvgIpc) is 2.65. The normalized spacial score (nSPS) is 11.9. The van der Waals surface area contributed by atoms with Crippen molar-refractivity contribution in [3.05, 3.63) is 46.1 Å². The van der Waals surface area contributed by atoms with E-state index in [1.165, 1.54) is 30.5 Å². The smallest absolute Gasteiger partial charge is 0.545 e. The van der Waals surface area contributed by atoms with Crippen molar-refractivity contribution in [1.29, 1.82) is 0 Å². The van der Waals surface area contributed by atoms with E-state index in [1.54, 1.807) is 6.07 Å². The Kier molecular flexibility index (Phi) is 7.83. The number of ether oxygens (including phenoxy) is 1. The minimum Gasteiger partial charge on any atom is -0.545 e. The number of carbonyl (C=O) groups is 1. The molecule has 0 fully saturated rings. The minimum absolute atomic E-state index is 0. The van der Waals surface area contributed by atoms with Crippen molar-refractivity contribution < 1.29 is 52.8 Å². The number of carboxylic acids is 1. The predicted molar refractivity (Wildman–Crippen MR) is 102 cm³/mol. The Morgan fingerprint density at radius 1 is 1.18 bits per heavy atom. The third kappa shape index (κ3) is 4.66. The molecule has 1 unspecified atom stereocenters. The second-order valence-electron chi connectivity index (χ2n) is 6.24. The van der Waals surface area contributed by atoms with Gasteiger partial charge in [-0.15, -0.1) is 0 Å². The van der Waals surface area contributed by atoms with Gasteiger partial charge in [0.25, 0.3) is 0 Å². The molecule has 8 heteroatoms. The van der Waals surface area contributed by atoms with Gasteiger partial charge in [-0.25, -0.2) is 0 Å². The van der Waals surface area contributed by atoms with Gasteiger partial charge in [0.1, 0.15) is 5.58 Å². The van der Waals surface area contributed by atoms with E-state index in [0.717, 1.165) is 19.3 Å². The van der Waals surface area contributed by atoms with Gasteiger partial charge < -0.3 is 19.1 Å². The Morgan fingerprint density at radius 3 is 2.57 bits per heavy atom. The summed E-state index contributed by atoms with van der Waals surface area (Å²) in [6.45, 7) is 2.54. The first-order valence-corrected chi connectivity index (χ1v) is 10.2. The van der Waals surface area contributed by atoms with Crippen LogP contribution in [0.2, 0.25) is 0 Å². The number of fused-ring (bicyclic) bond motifs is 2. The molecule has 0 bridgehead atoms. The number of rotatable bonds is 7. The van der Waals surface area contributed by atoms with Crippen LogP contribution in [0.15, 0.2) is 44.4 Å². The third-order valence-electron chi connectivity index (χ3n) is 4.28. The van der Waals surface area contributed by atoms with Crippen LogP contribution in [-0.4, -0.2) is 23.0 Å². The van der Waals surface area contributed by atoms with Crippen molar-refractivity contribution in [3.63, 3.8) is 0 Å². The van der Waals surface area contributed by atoms with Crippen molar-refractivity contribution in [3.8, 4) is 5.75 Å². The summed E-state index contributed by atoms with van der Waals surface area (Å²) in [5.41, 5.74) is 0.00106. The third-order valence-corrected chi connectivity index (χ3v) is 5.18. The van der Waals surface area contributed by atoms with Crippen LogP contribution in [0, 0.1) is 0 Å². The summed E-state index contributed by atoms with van der Waals surface area (Å²) in [6, 6.07) is 7.10. The minimum atomic E-state index is -1.38. The standard InChI is InChI=1S/C20H20O6S.Na/c1-3-4-5-8-25-17-11-13(27(2)24)10-15-18(21)14-9-12(20(22)23)6-7-16(14)26-19(15)17;/h6-7,9-11H,3-5,8H2,1-2H3,(H,22,23);/q;+1/p-1. The Balaban J connectivity index is 0.00000280. The molecule has 3 aromatic rings. The van der Waals surface area contributed by atoms with Gasteiger partial charge in [-0.1, -0.05) is 19.8 Å². The van der Waals surface area contributed by atoms with Gasteiger partial charge in [0, 0.05) is 28.0 Å². The quantitative estimate of drug-likeness (QED) is 0.299. The van der Waals surface area contributed by atoms with Crippen molar-refractivity contribution in [2.45, 2.75) is 31.1 Å². The van der Waals surface area contributed by atoms with E-state index in [1.807, 2.05) is 0 Å². The van der Waals surface area contributed by atoms with Crippen LogP contribution in [0.5, 0.6) is 5.75 Å². The zero-order valence-corrected chi connectivity index (χ0v) is 18.9. The maximum Gasteiger partial charge on any atom is 1.00 e. The molecule has 28 heavy (non-hydrogen) atoms. The second kappa shape index (κ2) is 9.69. The van der Waals surface area contributed by atoms with Crippen molar-refractivity contribution in [1.82, 2.24) is 0 Å². The predicted octanol–water partition coefficient (Wildman–Crippen LogP) is -0.380. The van der Waals surface area contributed by atoms with Crippen LogP contribution in [0.4, 0.5) is 0 Å². The SMILES string of the molecule is CCCCCOc1cc(S(C)=O)cc2c(=O)c3cc(C(=O)[O-])ccc3oc12.[Na+]. The van der Waals surface area contributed by atoms with Crippen LogP contribution >= 0.6 is 0 Å². The van der Waals surface area contributed by atoms with E-state index in [0.29, 0.717) is 17.3 Å². The Hall–Kier alpha value is -1.67. The fourth-order valence-electron chi connectivity index (χ4n) is 2.84. The van der Waals surface area contributed by atoms with Crippen LogP contribution in [0.3, 0.4) is 0 Å². The number of aromatic carboxylic acids is 1. The first-order chi connectivity index (χ1) is 12.9. The van der Waals surface area contributed by atoms with Gasteiger partial charge >= 0.3 is 29.6 Å². The van der Waals surface area contributed by atoms with Crippen LogP contribution < -0.4 is 44.8 Å². The number of carboxylic acid groups (broad SMARTS) is 1. The van der Waals surface area contributed by atoms with Crippen molar-refractivity contribution >= 4 is 38.7 Å². The molecule has 142 valence electrons. The zero-order chi connectivity index (χ0) is 19.6. The molecule has 2 aromatic carbocycles. The molecular formula is C20H19NaO6S. The number of hydrogen-bond donors (Lipinski definition) is 0. The van der Waals surface area contributed by atoms with E-state index in [2.05, 4.69) is 6.92 Å². The average molecular weight is 410 g/mol. The Bertz CT molecular complexity index is 1110. The molecule has 1 heterocycles. The van der Waals surface area contributed by atoms with Crippen molar-refractivity contribution in [2.75, 3.05) is 12.9 Å². The van der Waals surface area contributed by atoms with Gasteiger partial charge in [-0.2, -0.15) is 0 Å². The van der Waals surface area contributed by atoms with Crippen LogP contribution in [-0.2, 0) is 10.8 Å². The number of hydrogen-bond acceptors (Lipinski definition) is 6. The molecule has 0 saturated heterocycles. The molecule has 0 saturated carbocycles. The van der Waals surface area contributed by atoms with E-state index in [9.17, 15) is 18.9 Å². The molecule has 3 rings (SSSR count). The number of benzene rings is 2. The number of carbonyl (C=O) groups excluding carboxylic acids is 1. The molecule has 0 spiro atoms. The van der Waals surface area contributed by atoms with E-state index in [-0.39, 0.29) is 57.1 Å². The molecule has 1 aromatic heterocycles. The summed E-state index contributed by atoms with van der Waals surface area (Å²) in [5.74, 6) is -1.02. The van der Waals surface area contributed by atoms with Crippen LogP contribution in [0.25, 0.3) is 21.9 Å². The first-order valence-electron chi connectivity index (χ1n) is 8.64. The molecule has 0 aliphatic heterocycles. The maximum absolute atomic E-state index is 12.9. The molecule has 0 aliphatic carbocycles. The zero-order valence-electron chi connectivity index (χ0n) is 16.1. The van der Waals surface area contributed by atoms with Gasteiger partial charge in [0.2, 0.25) is 5.43 Å². The summed E-state index contributed by atoms with van der Waals surface area (Å²) in [7, 11) is -1.32. The molecular weight excluding hydrogens is 391 g/mol. The summed E-state index contributed by atoms with van der Waals surface area (Å²) in [4.78, 5) is 24.5. The molecule has 0 aliphatic rings. The summed E-state index contributed by atoms with van der Waals surface area (Å²) >= 11 is 0. The number of unbranched alkanes of at least 4 members (excludes halogenated alkanes) is 2. The Morgan fingerprint density at radius 2 is 1.93 bits per heavy atom. The maximum atomic E-state index is 12.9. The van der Waals surface area contributed by atoms with Gasteiger partial charge in [0.15, 0.2) is 11.3 Å². The monoisotopic (exact) mass is 410 g/mol. The Labute approximate surface area is 186 Å². The van der Waals surface area contributed by atoms with E-state index >= 15 is 0 Å². The summed E-state index contributed by atoms with van der Waals surface area (Å²) < 4.78 is 23.6. The van der Waals surface area contributed by atoms with Crippen LogP contribution in [0.1, 0.15) is 36.5 Å². The summed E-state index contributed by atoms with van der Waals surface area (Å²) in [6.07, 6.45) is 4.42. The molecule has 1 atom stereocenters. The van der Waals surface area contributed by atoms with E-state index < -0.39 is 22.2 Å². The fourth-order valence-corrected chi connectivity index (χ4v) is 3.39. The molecule has 6 nitrogen and oxygen atoms in total. The van der Waals surface area contributed by atoms with Gasteiger partial charge in [-0.05, 0) is 36.2 Å². The molecule has 0 radical (unpaired) electrons. The van der Waals surface area contributed by atoms with Crippen molar-refractivity contribution in [2.24, 2.45) is 0 Å².